The van der Waals surface area contributed by atoms with E-state index in [0.717, 1.165) is 5.56 Å². The first kappa shape index (κ1) is 13.4. The summed E-state index contributed by atoms with van der Waals surface area (Å²) < 4.78 is 13.2. The van der Waals surface area contributed by atoms with Gasteiger partial charge in [-0.2, -0.15) is 0 Å². The summed E-state index contributed by atoms with van der Waals surface area (Å²) in [5.41, 5.74) is 6.95. The van der Waals surface area contributed by atoms with E-state index in [1.807, 2.05) is 25.1 Å². The van der Waals surface area contributed by atoms with Crippen molar-refractivity contribution in [2.24, 2.45) is 5.73 Å². The topological polar surface area (TPSA) is 50.9 Å². The molecule has 0 amide bonds. The van der Waals surface area contributed by atoms with Gasteiger partial charge in [-0.15, -0.1) is 0 Å². The quantitative estimate of drug-likeness (QED) is 0.842. The number of nitrogens with two attached hydrogens (primary N) is 1. The fourth-order valence-corrected chi connectivity index (χ4v) is 1.85. The lowest BCUT2D eigenvalue weighted by atomic mass is 10.1. The van der Waals surface area contributed by atoms with E-state index in [1.54, 1.807) is 12.1 Å². The van der Waals surface area contributed by atoms with Crippen molar-refractivity contribution in [1.82, 2.24) is 4.98 Å². The van der Waals surface area contributed by atoms with Crippen LogP contribution < -0.4 is 11.1 Å². The fraction of sp³-hybridized carbons (Fsp3) is 0.143. The average Bonchev–Trinajstić information content (AvgIpc) is 2.39. The molecule has 1 atom stereocenters. The Labute approximate surface area is 116 Å². The van der Waals surface area contributed by atoms with Crippen LogP contribution in [-0.2, 0) is 0 Å². The van der Waals surface area contributed by atoms with E-state index in [9.17, 15) is 4.39 Å². The third-order valence-corrected chi connectivity index (χ3v) is 2.92. The highest BCUT2D eigenvalue weighted by atomic mass is 32.1. The number of thiocarbonyl (C=S) groups is 1. The van der Waals surface area contributed by atoms with Crippen LogP contribution in [0, 0.1) is 5.82 Å². The average molecular weight is 275 g/mol. The van der Waals surface area contributed by atoms with Crippen LogP contribution in [-0.4, -0.2) is 9.97 Å². The molecule has 0 spiro atoms. The molecule has 98 valence electrons. The van der Waals surface area contributed by atoms with E-state index in [1.165, 1.54) is 12.1 Å². The predicted octanol–water partition coefficient (Wildman–Crippen LogP) is 3.03. The molecule has 1 aromatic heterocycles. The predicted molar refractivity (Wildman–Crippen MR) is 78.6 cm³/mol. The van der Waals surface area contributed by atoms with Crippen molar-refractivity contribution < 1.29 is 4.39 Å². The largest absolute Gasteiger partial charge is 0.388 e. The van der Waals surface area contributed by atoms with Crippen molar-refractivity contribution in [3.8, 4) is 0 Å². The lowest BCUT2D eigenvalue weighted by Crippen LogP contribution is -2.14. The van der Waals surface area contributed by atoms with Gasteiger partial charge in [-0.25, -0.2) is 9.37 Å². The van der Waals surface area contributed by atoms with Crippen LogP contribution in [0.3, 0.4) is 0 Å². The second kappa shape index (κ2) is 5.75. The summed E-state index contributed by atoms with van der Waals surface area (Å²) in [6.45, 7) is 1.93. The second-order valence-electron chi connectivity index (χ2n) is 4.19. The molecule has 2 rings (SSSR count). The molecule has 3 N–H and O–H groups in total. The lowest BCUT2D eigenvalue weighted by molar-refractivity contribution is 0.623. The number of pyridine rings is 1. The third kappa shape index (κ3) is 3.48. The standard InChI is InChI=1S/C14H14FN3S/c1-9(10-4-2-5-11(15)8-10)17-13-7-3-6-12(18-13)14(16)19/h2-9H,1H3,(H2,16,19)(H,17,18). The van der Waals surface area contributed by atoms with Crippen LogP contribution in [0.25, 0.3) is 0 Å². The van der Waals surface area contributed by atoms with Crippen molar-refractivity contribution >= 4 is 23.0 Å². The van der Waals surface area contributed by atoms with E-state index in [0.29, 0.717) is 11.5 Å². The highest BCUT2D eigenvalue weighted by Crippen LogP contribution is 2.18. The molecular weight excluding hydrogens is 261 g/mol. The molecule has 1 heterocycles. The molecule has 0 aliphatic rings. The minimum absolute atomic E-state index is 0.0650. The Balaban J connectivity index is 2.17. The molecule has 2 aromatic rings. The Morgan fingerprint density at radius 1 is 1.32 bits per heavy atom. The van der Waals surface area contributed by atoms with Crippen LogP contribution in [0.2, 0.25) is 0 Å². The molecule has 19 heavy (non-hydrogen) atoms. The Hall–Kier alpha value is -2.01. The molecule has 0 aliphatic heterocycles. The van der Waals surface area contributed by atoms with Crippen LogP contribution in [0.15, 0.2) is 42.5 Å². The molecule has 0 fully saturated rings. The lowest BCUT2D eigenvalue weighted by Gasteiger charge is -2.15. The molecule has 0 saturated carbocycles. The van der Waals surface area contributed by atoms with Gasteiger partial charge in [0.2, 0.25) is 0 Å². The number of benzene rings is 1. The van der Waals surface area contributed by atoms with Crippen molar-refractivity contribution in [1.29, 1.82) is 0 Å². The Kier molecular flexibility index (Phi) is 4.06. The van der Waals surface area contributed by atoms with Crippen LogP contribution in [0.1, 0.15) is 24.2 Å². The van der Waals surface area contributed by atoms with Crippen molar-refractivity contribution in [3.05, 3.63) is 59.5 Å². The van der Waals surface area contributed by atoms with Gasteiger partial charge >= 0.3 is 0 Å². The van der Waals surface area contributed by atoms with E-state index >= 15 is 0 Å². The van der Waals surface area contributed by atoms with Crippen LogP contribution in [0.5, 0.6) is 0 Å². The van der Waals surface area contributed by atoms with Gasteiger partial charge in [-0.1, -0.05) is 30.4 Å². The highest BCUT2D eigenvalue weighted by Gasteiger charge is 2.07. The molecular formula is C14H14FN3S. The summed E-state index contributed by atoms with van der Waals surface area (Å²) in [5.74, 6) is 0.401. The summed E-state index contributed by atoms with van der Waals surface area (Å²) in [5, 5.41) is 3.19. The Morgan fingerprint density at radius 2 is 2.05 bits per heavy atom. The number of rotatable bonds is 4. The van der Waals surface area contributed by atoms with Gasteiger partial charge in [0.05, 0.1) is 11.7 Å². The number of nitrogens with zero attached hydrogens (tertiary/aromatic N) is 1. The van der Waals surface area contributed by atoms with Gasteiger partial charge < -0.3 is 11.1 Å². The molecule has 0 bridgehead atoms. The fourth-order valence-electron chi connectivity index (χ4n) is 1.73. The third-order valence-electron chi connectivity index (χ3n) is 2.71. The van der Waals surface area contributed by atoms with Gasteiger partial charge in [0.1, 0.15) is 16.6 Å². The summed E-state index contributed by atoms with van der Waals surface area (Å²) >= 11 is 4.88. The number of nitrogens with one attached hydrogen (secondary N) is 1. The molecule has 1 unspecified atom stereocenters. The zero-order valence-corrected chi connectivity index (χ0v) is 11.2. The van der Waals surface area contributed by atoms with E-state index in [4.69, 9.17) is 18.0 Å². The van der Waals surface area contributed by atoms with Crippen LogP contribution >= 0.6 is 12.2 Å². The van der Waals surface area contributed by atoms with Crippen molar-refractivity contribution in [3.63, 3.8) is 0 Å². The highest BCUT2D eigenvalue weighted by molar-refractivity contribution is 7.80. The Bertz CT molecular complexity index is 601. The summed E-state index contributed by atoms with van der Waals surface area (Å²) in [6.07, 6.45) is 0. The molecule has 0 radical (unpaired) electrons. The van der Waals surface area contributed by atoms with E-state index < -0.39 is 0 Å². The smallest absolute Gasteiger partial charge is 0.127 e. The van der Waals surface area contributed by atoms with Crippen molar-refractivity contribution in [2.45, 2.75) is 13.0 Å². The van der Waals surface area contributed by atoms with Gasteiger partial charge in [-0.05, 0) is 36.8 Å². The Morgan fingerprint density at radius 3 is 2.74 bits per heavy atom. The molecule has 5 heteroatoms. The minimum atomic E-state index is -0.254. The van der Waals surface area contributed by atoms with Gasteiger partial charge in [-0.3, -0.25) is 0 Å². The molecule has 0 aliphatic carbocycles. The van der Waals surface area contributed by atoms with Gasteiger partial charge in [0.15, 0.2) is 0 Å². The maximum atomic E-state index is 13.2. The SMILES string of the molecule is CC(Nc1cccc(C(N)=S)n1)c1cccc(F)c1. The molecule has 3 nitrogen and oxygen atoms in total. The molecule has 0 saturated heterocycles. The second-order valence-corrected chi connectivity index (χ2v) is 4.63. The summed E-state index contributed by atoms with van der Waals surface area (Å²) in [6, 6.07) is 11.8. The number of anilines is 1. The van der Waals surface area contributed by atoms with Gasteiger partial charge in [0, 0.05) is 0 Å². The summed E-state index contributed by atoms with van der Waals surface area (Å²) in [4.78, 5) is 4.54. The number of hydrogen-bond acceptors (Lipinski definition) is 3. The maximum Gasteiger partial charge on any atom is 0.127 e. The summed E-state index contributed by atoms with van der Waals surface area (Å²) in [7, 11) is 0. The first-order chi connectivity index (χ1) is 9.06. The van der Waals surface area contributed by atoms with Crippen molar-refractivity contribution in [2.75, 3.05) is 5.32 Å². The zero-order valence-electron chi connectivity index (χ0n) is 10.4. The van der Waals surface area contributed by atoms with Crippen LogP contribution in [0.4, 0.5) is 10.2 Å². The number of hydrogen-bond donors (Lipinski definition) is 2. The number of aromatic nitrogens is 1. The number of halogens is 1. The van der Waals surface area contributed by atoms with Gasteiger partial charge in [0.25, 0.3) is 0 Å². The zero-order chi connectivity index (χ0) is 13.8. The first-order valence-corrected chi connectivity index (χ1v) is 6.26. The normalized spacial score (nSPS) is 11.9. The van der Waals surface area contributed by atoms with E-state index in [-0.39, 0.29) is 16.8 Å². The first-order valence-electron chi connectivity index (χ1n) is 5.85. The molecule has 1 aromatic carbocycles. The minimum Gasteiger partial charge on any atom is -0.388 e. The monoisotopic (exact) mass is 275 g/mol. The van der Waals surface area contributed by atoms with E-state index in [2.05, 4.69) is 10.3 Å². The maximum absolute atomic E-state index is 13.2.